The van der Waals surface area contributed by atoms with Crippen LogP contribution in [-0.4, -0.2) is 38.4 Å². The lowest BCUT2D eigenvalue weighted by atomic mass is 10.2. The van der Waals surface area contributed by atoms with Crippen molar-refractivity contribution in [2.45, 2.75) is 38.0 Å². The lowest BCUT2D eigenvalue weighted by Crippen LogP contribution is -2.40. The Hall–Kier alpha value is -3.85. The van der Waals surface area contributed by atoms with E-state index in [9.17, 15) is 9.59 Å². The number of aromatic nitrogens is 3. The van der Waals surface area contributed by atoms with Crippen LogP contribution < -0.4 is 10.2 Å². The Labute approximate surface area is 207 Å². The SMILES string of the molecule is Cc1occc1-c1nnc(SCC(=O)N2c3ccccc3NC(=O)C[C@H]2C)n1Cc1ccccc1. The molecule has 1 N–H and O–H groups in total. The average molecular weight is 488 g/mol. The molecule has 35 heavy (non-hydrogen) atoms. The Morgan fingerprint density at radius 3 is 2.66 bits per heavy atom. The summed E-state index contributed by atoms with van der Waals surface area (Å²) in [5.41, 5.74) is 3.32. The maximum absolute atomic E-state index is 13.5. The number of benzene rings is 2. The highest BCUT2D eigenvalue weighted by Crippen LogP contribution is 2.33. The second kappa shape index (κ2) is 9.79. The fourth-order valence-corrected chi connectivity index (χ4v) is 5.08. The number of rotatable bonds is 6. The van der Waals surface area contributed by atoms with Crippen molar-refractivity contribution < 1.29 is 14.0 Å². The van der Waals surface area contributed by atoms with Crippen molar-refractivity contribution in [3.63, 3.8) is 0 Å². The van der Waals surface area contributed by atoms with E-state index in [1.54, 1.807) is 11.2 Å². The first-order valence-electron chi connectivity index (χ1n) is 11.4. The molecule has 2 amide bonds. The van der Waals surface area contributed by atoms with Crippen LogP contribution in [0.3, 0.4) is 0 Å². The number of nitrogens with zero attached hydrogens (tertiary/aromatic N) is 4. The van der Waals surface area contributed by atoms with Crippen LogP contribution in [0.4, 0.5) is 11.4 Å². The minimum absolute atomic E-state index is 0.0956. The van der Waals surface area contributed by atoms with Crippen molar-refractivity contribution in [3.8, 4) is 11.4 Å². The molecule has 4 aromatic rings. The number of furan rings is 1. The van der Waals surface area contributed by atoms with Gasteiger partial charge in [-0.05, 0) is 37.6 Å². The van der Waals surface area contributed by atoms with Crippen molar-refractivity contribution in [1.82, 2.24) is 14.8 Å². The second-order valence-electron chi connectivity index (χ2n) is 8.44. The summed E-state index contributed by atoms with van der Waals surface area (Å²) in [5.74, 6) is 1.41. The molecule has 0 saturated carbocycles. The van der Waals surface area contributed by atoms with E-state index >= 15 is 0 Å². The third kappa shape index (κ3) is 4.72. The molecule has 9 heteroatoms. The third-order valence-electron chi connectivity index (χ3n) is 5.95. The molecule has 178 valence electrons. The Kier molecular flexibility index (Phi) is 6.41. The van der Waals surface area contributed by atoms with Gasteiger partial charge in [-0.25, -0.2) is 0 Å². The molecular weight excluding hydrogens is 462 g/mol. The minimum atomic E-state index is -0.266. The summed E-state index contributed by atoms with van der Waals surface area (Å²) in [4.78, 5) is 27.4. The molecular formula is C26H25N5O3S. The first kappa shape index (κ1) is 22.9. The van der Waals surface area contributed by atoms with Crippen LogP contribution in [0.5, 0.6) is 0 Å². The number of nitrogens with one attached hydrogen (secondary N) is 1. The molecule has 5 rings (SSSR count). The molecule has 3 heterocycles. The first-order chi connectivity index (χ1) is 17.0. The van der Waals surface area contributed by atoms with Crippen molar-refractivity contribution in [2.75, 3.05) is 16.0 Å². The van der Waals surface area contributed by atoms with Gasteiger partial charge in [0.15, 0.2) is 11.0 Å². The van der Waals surface area contributed by atoms with Gasteiger partial charge in [-0.2, -0.15) is 0 Å². The molecule has 0 saturated heterocycles. The number of fused-ring (bicyclic) bond motifs is 1. The van der Waals surface area contributed by atoms with Crippen LogP contribution >= 0.6 is 11.8 Å². The lowest BCUT2D eigenvalue weighted by Gasteiger charge is -2.27. The van der Waals surface area contributed by atoms with Crippen LogP contribution in [0.1, 0.15) is 24.7 Å². The molecule has 1 aliphatic heterocycles. The molecule has 0 aliphatic carbocycles. The van der Waals surface area contributed by atoms with E-state index in [1.165, 1.54) is 11.8 Å². The zero-order valence-corrected chi connectivity index (χ0v) is 20.3. The van der Waals surface area contributed by atoms with Gasteiger partial charge in [0, 0.05) is 12.5 Å². The largest absolute Gasteiger partial charge is 0.469 e. The number of anilines is 2. The van der Waals surface area contributed by atoms with E-state index in [2.05, 4.69) is 15.5 Å². The molecule has 2 aromatic carbocycles. The Bertz CT molecular complexity index is 1360. The number of aryl methyl sites for hydroxylation is 1. The molecule has 2 aromatic heterocycles. The fourth-order valence-electron chi connectivity index (χ4n) is 4.28. The van der Waals surface area contributed by atoms with Crippen LogP contribution in [-0.2, 0) is 16.1 Å². The van der Waals surface area contributed by atoms with Crippen molar-refractivity contribution >= 4 is 35.0 Å². The van der Waals surface area contributed by atoms with E-state index in [-0.39, 0.29) is 30.0 Å². The summed E-state index contributed by atoms with van der Waals surface area (Å²) < 4.78 is 7.50. The number of amides is 2. The molecule has 1 aliphatic rings. The van der Waals surface area contributed by atoms with E-state index in [0.717, 1.165) is 16.9 Å². The number of carbonyl (C=O) groups is 2. The van der Waals surface area contributed by atoms with E-state index in [4.69, 9.17) is 4.42 Å². The molecule has 1 atom stereocenters. The van der Waals surface area contributed by atoms with Crippen LogP contribution in [0.2, 0.25) is 0 Å². The first-order valence-corrected chi connectivity index (χ1v) is 12.3. The average Bonchev–Trinajstić information content (AvgIpc) is 3.41. The minimum Gasteiger partial charge on any atom is -0.469 e. The van der Waals surface area contributed by atoms with Gasteiger partial charge in [0.05, 0.1) is 35.5 Å². The third-order valence-corrected chi connectivity index (χ3v) is 6.90. The fraction of sp³-hybridized carbons (Fsp3) is 0.231. The quantitative estimate of drug-likeness (QED) is 0.395. The monoisotopic (exact) mass is 487 g/mol. The summed E-state index contributed by atoms with van der Waals surface area (Å²) in [7, 11) is 0. The van der Waals surface area contributed by atoms with Gasteiger partial charge >= 0.3 is 0 Å². The molecule has 0 radical (unpaired) electrons. The highest BCUT2D eigenvalue weighted by molar-refractivity contribution is 7.99. The summed E-state index contributed by atoms with van der Waals surface area (Å²) in [6.45, 7) is 4.34. The molecule has 0 bridgehead atoms. The van der Waals surface area contributed by atoms with Crippen LogP contribution in [0.25, 0.3) is 11.4 Å². The zero-order chi connectivity index (χ0) is 24.4. The Morgan fingerprint density at radius 2 is 1.89 bits per heavy atom. The normalized spacial score (nSPS) is 15.4. The number of hydrogen-bond acceptors (Lipinski definition) is 6. The van der Waals surface area contributed by atoms with Gasteiger partial charge in [-0.15, -0.1) is 10.2 Å². The van der Waals surface area contributed by atoms with E-state index in [1.807, 2.05) is 79.1 Å². The second-order valence-corrected chi connectivity index (χ2v) is 9.38. The lowest BCUT2D eigenvalue weighted by molar-refractivity contribution is -0.117. The Morgan fingerprint density at radius 1 is 1.11 bits per heavy atom. The van der Waals surface area contributed by atoms with Gasteiger partial charge in [0.25, 0.3) is 0 Å². The highest BCUT2D eigenvalue weighted by atomic mass is 32.2. The van der Waals surface area contributed by atoms with Crippen LogP contribution in [0.15, 0.2) is 76.5 Å². The number of thioether (sulfide) groups is 1. The topological polar surface area (TPSA) is 93.3 Å². The summed E-state index contributed by atoms with van der Waals surface area (Å²) in [5, 5.41) is 12.4. The highest BCUT2D eigenvalue weighted by Gasteiger charge is 2.30. The van der Waals surface area contributed by atoms with Gasteiger partial charge in [-0.3, -0.25) is 14.2 Å². The standard InChI is InChI=1S/C26H25N5O3S/c1-17-14-23(32)27-21-10-6-7-11-22(21)31(17)24(33)16-35-26-29-28-25(20-12-13-34-18(20)2)30(26)15-19-8-4-3-5-9-19/h3-13,17H,14-16H2,1-2H3,(H,27,32)/t17-/m1/s1. The molecule has 0 fully saturated rings. The van der Waals surface area contributed by atoms with Gasteiger partial charge in [0.2, 0.25) is 11.8 Å². The molecule has 8 nitrogen and oxygen atoms in total. The summed E-state index contributed by atoms with van der Waals surface area (Å²) >= 11 is 1.34. The molecule has 0 unspecified atom stereocenters. The van der Waals surface area contributed by atoms with Gasteiger partial charge in [0.1, 0.15) is 5.76 Å². The zero-order valence-electron chi connectivity index (χ0n) is 19.5. The number of hydrogen-bond donors (Lipinski definition) is 1. The number of para-hydroxylation sites is 2. The van der Waals surface area contributed by atoms with Crippen molar-refractivity contribution in [3.05, 3.63) is 78.3 Å². The van der Waals surface area contributed by atoms with Gasteiger partial charge < -0.3 is 14.6 Å². The molecule has 0 spiro atoms. The summed E-state index contributed by atoms with van der Waals surface area (Å²) in [6, 6.07) is 19.1. The maximum Gasteiger partial charge on any atom is 0.237 e. The van der Waals surface area contributed by atoms with E-state index in [0.29, 0.717) is 28.9 Å². The van der Waals surface area contributed by atoms with E-state index < -0.39 is 0 Å². The predicted octanol–water partition coefficient (Wildman–Crippen LogP) is 4.75. The van der Waals surface area contributed by atoms with Crippen LogP contribution in [0, 0.1) is 6.92 Å². The Balaban J connectivity index is 1.43. The van der Waals surface area contributed by atoms with Crippen molar-refractivity contribution in [1.29, 1.82) is 0 Å². The number of carbonyl (C=O) groups excluding carboxylic acids is 2. The maximum atomic E-state index is 13.5. The summed E-state index contributed by atoms with van der Waals surface area (Å²) in [6.07, 6.45) is 1.87. The predicted molar refractivity (Wildman–Crippen MR) is 135 cm³/mol. The van der Waals surface area contributed by atoms with Gasteiger partial charge in [-0.1, -0.05) is 54.2 Å². The smallest absolute Gasteiger partial charge is 0.237 e. The van der Waals surface area contributed by atoms with Crippen molar-refractivity contribution in [2.24, 2.45) is 0 Å².